The average molecular weight is 521 g/mol. The Morgan fingerprint density at radius 1 is 0.875 bits per heavy atom. The fourth-order valence-corrected chi connectivity index (χ4v) is 5.47. The number of hydrogen-bond donors (Lipinski definition) is 0. The van der Waals surface area contributed by atoms with Gasteiger partial charge in [-0.1, -0.05) is 48.5 Å². The van der Waals surface area contributed by atoms with Gasteiger partial charge in [0.1, 0.15) is 5.75 Å². The second-order valence-corrected chi connectivity index (χ2v) is 9.88. The highest BCUT2D eigenvalue weighted by atomic mass is 79.9. The zero-order valence-electron chi connectivity index (χ0n) is 16.4. The molecule has 164 valence electrons. The number of halogens is 4. The number of ether oxygens (including phenoxy) is 1. The van der Waals surface area contributed by atoms with E-state index in [2.05, 4.69) is 15.9 Å². The van der Waals surface area contributed by atoms with Gasteiger partial charge in [-0.25, -0.2) is 8.42 Å². The quantitative estimate of drug-likeness (QED) is 0.383. The van der Waals surface area contributed by atoms with Crippen LogP contribution in [0.5, 0.6) is 5.75 Å². The average Bonchev–Trinajstić information content (AvgIpc) is 2.78. The van der Waals surface area contributed by atoms with Gasteiger partial charge >= 0.3 is 6.18 Å². The summed E-state index contributed by atoms with van der Waals surface area (Å²) in [5, 5.41) is 0. The summed E-state index contributed by atoms with van der Waals surface area (Å²) in [5.41, 5.74) is 1.29. The molecular weight excluding hydrogens is 505 g/mol. The van der Waals surface area contributed by atoms with Crippen molar-refractivity contribution < 1.29 is 26.3 Å². The van der Waals surface area contributed by atoms with Crippen LogP contribution in [0.2, 0.25) is 0 Å². The molecule has 3 aromatic rings. The van der Waals surface area contributed by atoms with Crippen molar-refractivity contribution in [1.29, 1.82) is 0 Å². The van der Waals surface area contributed by atoms with Crippen LogP contribution < -0.4 is 4.74 Å². The Balaban J connectivity index is 1.81. The number of benzene rings is 3. The lowest BCUT2D eigenvalue weighted by Crippen LogP contribution is -2.14. The minimum atomic E-state index is -4.45. The maximum Gasteiger partial charge on any atom is 0.416 e. The number of fused-ring (bicyclic) bond motifs is 1. The lowest BCUT2D eigenvalue weighted by atomic mass is 9.94. The van der Waals surface area contributed by atoms with Gasteiger partial charge in [0.05, 0.1) is 22.5 Å². The lowest BCUT2D eigenvalue weighted by molar-refractivity contribution is -0.137. The first-order valence-corrected chi connectivity index (χ1v) is 11.9. The molecular formula is C24H16BrF3O3S. The molecule has 8 heteroatoms. The number of sulfone groups is 1. The molecule has 0 spiro atoms. The number of alkyl halides is 3. The molecule has 1 aliphatic rings. The Hall–Kier alpha value is -2.84. The van der Waals surface area contributed by atoms with Crippen LogP contribution >= 0.6 is 15.9 Å². The fraction of sp³-hybridized carbons (Fsp3) is 0.0833. The first-order valence-electron chi connectivity index (χ1n) is 9.47. The highest BCUT2D eigenvalue weighted by Crippen LogP contribution is 2.43. The first-order chi connectivity index (χ1) is 15.2. The molecule has 0 amide bonds. The molecule has 0 bridgehead atoms. The molecule has 0 fully saturated rings. The van der Waals surface area contributed by atoms with E-state index in [4.69, 9.17) is 4.74 Å². The Labute approximate surface area is 191 Å². The van der Waals surface area contributed by atoms with E-state index >= 15 is 0 Å². The summed E-state index contributed by atoms with van der Waals surface area (Å²) in [6.45, 7) is 0. The molecule has 0 aliphatic carbocycles. The van der Waals surface area contributed by atoms with Crippen LogP contribution in [0.4, 0.5) is 13.2 Å². The predicted molar refractivity (Wildman–Crippen MR) is 121 cm³/mol. The van der Waals surface area contributed by atoms with Crippen LogP contribution in [0.15, 0.2) is 95.6 Å². The van der Waals surface area contributed by atoms with Crippen LogP contribution in [-0.4, -0.2) is 14.2 Å². The van der Waals surface area contributed by atoms with E-state index in [0.29, 0.717) is 32.5 Å². The highest BCUT2D eigenvalue weighted by Gasteiger charge is 2.31. The zero-order valence-corrected chi connectivity index (χ0v) is 18.8. The van der Waals surface area contributed by atoms with Gasteiger partial charge in [-0.2, -0.15) is 13.2 Å². The van der Waals surface area contributed by atoms with Gasteiger partial charge in [0, 0.05) is 21.2 Å². The summed E-state index contributed by atoms with van der Waals surface area (Å²) in [4.78, 5) is 0.171. The summed E-state index contributed by atoms with van der Waals surface area (Å²) in [6.07, 6.45) is -3.07. The molecule has 0 radical (unpaired) electrons. The normalized spacial score (nSPS) is 15.4. The molecule has 32 heavy (non-hydrogen) atoms. The topological polar surface area (TPSA) is 43.4 Å². The van der Waals surface area contributed by atoms with Gasteiger partial charge in [0.25, 0.3) is 0 Å². The molecule has 0 unspecified atom stereocenters. The van der Waals surface area contributed by atoms with E-state index in [1.807, 2.05) is 0 Å². The van der Waals surface area contributed by atoms with Crippen LogP contribution in [0.3, 0.4) is 0 Å². The number of allylic oxidation sites excluding steroid dienone is 1. The number of rotatable bonds is 4. The van der Waals surface area contributed by atoms with Crippen LogP contribution in [-0.2, 0) is 16.0 Å². The Kier molecular flexibility index (Phi) is 6.01. The summed E-state index contributed by atoms with van der Waals surface area (Å²) in [7, 11) is -3.69. The van der Waals surface area contributed by atoms with Crippen molar-refractivity contribution in [1.82, 2.24) is 0 Å². The van der Waals surface area contributed by atoms with Crippen molar-refractivity contribution in [3.05, 3.63) is 107 Å². The van der Waals surface area contributed by atoms with Crippen LogP contribution in [0.25, 0.3) is 10.1 Å². The SMILES string of the molecule is O=S(=O)(CC1=COc2ccccc2/C1=C(\Br)c1ccc(C(F)(F)F)cc1)c1ccccc1. The van der Waals surface area contributed by atoms with Crippen molar-refractivity contribution in [2.24, 2.45) is 0 Å². The van der Waals surface area contributed by atoms with E-state index in [0.717, 1.165) is 12.1 Å². The molecule has 0 atom stereocenters. The standard InChI is InChI=1S/C24H16BrF3O3S/c25-23(16-10-12-18(13-11-16)24(26,27)28)22-17(14-31-21-9-5-4-8-20(21)22)15-32(29,30)19-6-2-1-3-7-19/h1-14H,15H2/b23-22-. The van der Waals surface area contributed by atoms with Gasteiger partial charge < -0.3 is 4.74 Å². The third kappa shape index (κ3) is 4.52. The van der Waals surface area contributed by atoms with E-state index < -0.39 is 21.6 Å². The van der Waals surface area contributed by atoms with Gasteiger partial charge in [-0.3, -0.25) is 0 Å². The maximum absolute atomic E-state index is 13.0. The molecule has 4 rings (SSSR count). The lowest BCUT2D eigenvalue weighted by Gasteiger charge is -2.23. The maximum atomic E-state index is 13.0. The number of hydrogen-bond acceptors (Lipinski definition) is 3. The van der Waals surface area contributed by atoms with Crippen molar-refractivity contribution in [3.8, 4) is 5.75 Å². The molecule has 3 aromatic carbocycles. The van der Waals surface area contributed by atoms with Gasteiger partial charge in [-0.15, -0.1) is 0 Å². The first kappa shape index (κ1) is 22.4. The minimum absolute atomic E-state index is 0.171. The summed E-state index contributed by atoms with van der Waals surface area (Å²) in [6, 6.07) is 19.8. The van der Waals surface area contributed by atoms with Crippen molar-refractivity contribution >= 4 is 35.8 Å². The Morgan fingerprint density at radius 3 is 2.16 bits per heavy atom. The van der Waals surface area contributed by atoms with Gasteiger partial charge in [-0.05, 0) is 51.8 Å². The van der Waals surface area contributed by atoms with E-state index in [1.54, 1.807) is 42.5 Å². The predicted octanol–water partition coefficient (Wildman–Crippen LogP) is 6.72. The fourth-order valence-electron chi connectivity index (χ4n) is 3.37. The van der Waals surface area contributed by atoms with Gasteiger partial charge in [0.2, 0.25) is 0 Å². The third-order valence-corrected chi connectivity index (χ3v) is 7.47. The van der Waals surface area contributed by atoms with E-state index in [1.165, 1.54) is 30.5 Å². The Bertz CT molecular complexity index is 1310. The van der Waals surface area contributed by atoms with Crippen molar-refractivity contribution in [3.63, 3.8) is 0 Å². The second kappa shape index (κ2) is 8.60. The van der Waals surface area contributed by atoms with Gasteiger partial charge in [0.15, 0.2) is 9.84 Å². The summed E-state index contributed by atoms with van der Waals surface area (Å²) >= 11 is 3.50. The summed E-state index contributed by atoms with van der Waals surface area (Å²) in [5.74, 6) is 0.184. The highest BCUT2D eigenvalue weighted by molar-refractivity contribution is 9.15. The largest absolute Gasteiger partial charge is 0.464 e. The molecule has 0 aromatic heterocycles. The summed E-state index contributed by atoms with van der Waals surface area (Å²) < 4.78 is 71.1. The molecule has 0 saturated carbocycles. The van der Waals surface area contributed by atoms with Crippen LogP contribution in [0, 0.1) is 0 Å². The number of para-hydroxylation sites is 1. The van der Waals surface area contributed by atoms with E-state index in [9.17, 15) is 21.6 Å². The minimum Gasteiger partial charge on any atom is -0.464 e. The molecule has 1 aliphatic heterocycles. The third-order valence-electron chi connectivity index (χ3n) is 4.94. The monoisotopic (exact) mass is 520 g/mol. The van der Waals surface area contributed by atoms with Crippen LogP contribution in [0.1, 0.15) is 16.7 Å². The Morgan fingerprint density at radius 2 is 1.50 bits per heavy atom. The molecule has 0 saturated heterocycles. The van der Waals surface area contributed by atoms with E-state index in [-0.39, 0.29) is 10.6 Å². The molecule has 1 heterocycles. The second-order valence-electron chi connectivity index (χ2n) is 7.09. The van der Waals surface area contributed by atoms with Crippen molar-refractivity contribution in [2.45, 2.75) is 11.1 Å². The zero-order chi connectivity index (χ0) is 22.9. The smallest absolute Gasteiger partial charge is 0.416 e. The van der Waals surface area contributed by atoms with Crippen molar-refractivity contribution in [2.75, 3.05) is 5.75 Å². The molecule has 0 N–H and O–H groups in total. The molecule has 3 nitrogen and oxygen atoms in total.